The monoisotopic (exact) mass is 347 g/mol. The molecule has 6 heteroatoms. The summed E-state index contributed by atoms with van der Waals surface area (Å²) < 4.78 is 0. The summed E-state index contributed by atoms with van der Waals surface area (Å²) in [6.45, 7) is 2.35. The van der Waals surface area contributed by atoms with E-state index in [4.69, 9.17) is 0 Å². The van der Waals surface area contributed by atoms with E-state index in [0.717, 1.165) is 35.5 Å². The van der Waals surface area contributed by atoms with Gasteiger partial charge in [0.2, 0.25) is 5.95 Å². The van der Waals surface area contributed by atoms with Gasteiger partial charge < -0.3 is 10.2 Å². The minimum atomic E-state index is -0.195. The molecule has 3 heterocycles. The molecule has 1 saturated heterocycles. The summed E-state index contributed by atoms with van der Waals surface area (Å²) in [7, 11) is 0. The quantitative estimate of drug-likeness (QED) is 0.786. The van der Waals surface area contributed by atoms with Crippen LogP contribution in [0.4, 0.5) is 5.95 Å². The molecule has 4 rings (SSSR count). The summed E-state index contributed by atoms with van der Waals surface area (Å²) in [6.07, 6.45) is 7.05. The van der Waals surface area contributed by atoms with Crippen LogP contribution in [0, 0.1) is 0 Å². The lowest BCUT2D eigenvalue weighted by molar-refractivity contribution is 0.0947. The molecule has 26 heavy (non-hydrogen) atoms. The Kier molecular flexibility index (Phi) is 4.73. The molecule has 0 radical (unpaired) electrons. The standard InChI is InChI=1S/C20H21N5O/c26-19(18-17-7-3-2-6-15(17)8-10-21-18)23-14-16-9-11-22-20(24-16)25-12-4-1-5-13-25/h2-3,6-11H,1,4-5,12-14H2,(H,23,26). The Morgan fingerprint density at radius 2 is 1.81 bits per heavy atom. The summed E-state index contributed by atoms with van der Waals surface area (Å²) in [6, 6.07) is 11.5. The molecule has 1 aromatic carbocycles. The van der Waals surface area contributed by atoms with Crippen LogP contribution in [0.5, 0.6) is 0 Å². The number of benzene rings is 1. The van der Waals surface area contributed by atoms with E-state index < -0.39 is 0 Å². The Morgan fingerprint density at radius 1 is 1.00 bits per heavy atom. The zero-order chi connectivity index (χ0) is 17.8. The van der Waals surface area contributed by atoms with Gasteiger partial charge in [-0.2, -0.15) is 0 Å². The molecule has 0 aliphatic carbocycles. The van der Waals surface area contributed by atoms with Crippen LogP contribution in [-0.2, 0) is 6.54 Å². The van der Waals surface area contributed by atoms with Crippen LogP contribution in [0.15, 0.2) is 48.8 Å². The molecule has 2 aromatic heterocycles. The number of rotatable bonds is 4. The number of nitrogens with zero attached hydrogens (tertiary/aromatic N) is 4. The van der Waals surface area contributed by atoms with Gasteiger partial charge >= 0.3 is 0 Å². The number of anilines is 1. The van der Waals surface area contributed by atoms with E-state index in [1.165, 1.54) is 19.3 Å². The molecule has 1 amide bonds. The number of piperidine rings is 1. The molecular weight excluding hydrogens is 326 g/mol. The minimum Gasteiger partial charge on any atom is -0.345 e. The number of hydrogen-bond donors (Lipinski definition) is 1. The maximum absolute atomic E-state index is 12.6. The molecule has 1 N–H and O–H groups in total. The fourth-order valence-corrected chi connectivity index (χ4v) is 3.28. The number of nitrogens with one attached hydrogen (secondary N) is 1. The van der Waals surface area contributed by atoms with Crippen LogP contribution in [-0.4, -0.2) is 33.9 Å². The molecule has 132 valence electrons. The van der Waals surface area contributed by atoms with Gasteiger partial charge in [0.05, 0.1) is 12.2 Å². The van der Waals surface area contributed by atoms with Gasteiger partial charge in [-0.3, -0.25) is 9.78 Å². The number of carbonyl (C=O) groups is 1. The number of hydrogen-bond acceptors (Lipinski definition) is 5. The second kappa shape index (κ2) is 7.47. The molecule has 0 bridgehead atoms. The topological polar surface area (TPSA) is 71.0 Å². The van der Waals surface area contributed by atoms with E-state index in [-0.39, 0.29) is 5.91 Å². The van der Waals surface area contributed by atoms with Crippen LogP contribution in [0.25, 0.3) is 10.8 Å². The first kappa shape index (κ1) is 16.4. The average Bonchev–Trinajstić information content (AvgIpc) is 2.72. The highest BCUT2D eigenvalue weighted by Crippen LogP contribution is 2.17. The smallest absolute Gasteiger partial charge is 0.270 e. The third-order valence-electron chi connectivity index (χ3n) is 4.66. The Hall–Kier alpha value is -3.02. The molecule has 3 aromatic rings. The van der Waals surface area contributed by atoms with E-state index in [9.17, 15) is 4.79 Å². The molecule has 1 fully saturated rings. The van der Waals surface area contributed by atoms with Crippen LogP contribution in [0.3, 0.4) is 0 Å². The first-order chi connectivity index (χ1) is 12.8. The van der Waals surface area contributed by atoms with Crippen LogP contribution in [0.2, 0.25) is 0 Å². The lowest BCUT2D eigenvalue weighted by atomic mass is 10.1. The SMILES string of the molecule is O=C(NCc1ccnc(N2CCCCC2)n1)c1nccc2ccccc12. The van der Waals surface area contributed by atoms with Gasteiger partial charge in [0, 0.05) is 30.9 Å². The highest BCUT2D eigenvalue weighted by Gasteiger charge is 2.15. The fraction of sp³-hybridized carbons (Fsp3) is 0.300. The normalized spacial score (nSPS) is 14.4. The van der Waals surface area contributed by atoms with Crippen LogP contribution < -0.4 is 10.2 Å². The van der Waals surface area contributed by atoms with Crippen molar-refractivity contribution in [3.63, 3.8) is 0 Å². The predicted molar refractivity (Wildman–Crippen MR) is 101 cm³/mol. The zero-order valence-electron chi connectivity index (χ0n) is 14.6. The maximum atomic E-state index is 12.6. The second-order valence-electron chi connectivity index (χ2n) is 6.46. The van der Waals surface area contributed by atoms with Crippen molar-refractivity contribution in [2.75, 3.05) is 18.0 Å². The van der Waals surface area contributed by atoms with Crippen LogP contribution >= 0.6 is 0 Å². The first-order valence-electron chi connectivity index (χ1n) is 9.00. The number of aromatic nitrogens is 3. The lowest BCUT2D eigenvalue weighted by Crippen LogP contribution is -2.31. The van der Waals surface area contributed by atoms with Gasteiger partial charge in [0.1, 0.15) is 5.69 Å². The van der Waals surface area contributed by atoms with Gasteiger partial charge in [-0.15, -0.1) is 0 Å². The Bertz CT molecular complexity index is 915. The van der Waals surface area contributed by atoms with E-state index in [1.807, 2.05) is 36.4 Å². The van der Waals surface area contributed by atoms with Gasteiger partial charge in [-0.1, -0.05) is 24.3 Å². The molecule has 0 saturated carbocycles. The van der Waals surface area contributed by atoms with Gasteiger partial charge in [-0.25, -0.2) is 9.97 Å². The second-order valence-corrected chi connectivity index (χ2v) is 6.46. The van der Waals surface area contributed by atoms with Crippen LogP contribution in [0.1, 0.15) is 35.4 Å². The number of fused-ring (bicyclic) bond motifs is 1. The van der Waals surface area contributed by atoms with Gasteiger partial charge in [0.25, 0.3) is 5.91 Å². The molecule has 6 nitrogen and oxygen atoms in total. The van der Waals surface area contributed by atoms with Crippen molar-refractivity contribution in [1.82, 2.24) is 20.3 Å². The lowest BCUT2D eigenvalue weighted by Gasteiger charge is -2.26. The summed E-state index contributed by atoms with van der Waals surface area (Å²) in [5, 5.41) is 4.78. The van der Waals surface area contributed by atoms with Crippen molar-refractivity contribution in [3.8, 4) is 0 Å². The summed E-state index contributed by atoms with van der Waals surface area (Å²) in [5.74, 6) is 0.555. The first-order valence-corrected chi connectivity index (χ1v) is 9.00. The maximum Gasteiger partial charge on any atom is 0.270 e. The zero-order valence-corrected chi connectivity index (χ0v) is 14.6. The number of amides is 1. The third-order valence-corrected chi connectivity index (χ3v) is 4.66. The third kappa shape index (κ3) is 3.49. The summed E-state index contributed by atoms with van der Waals surface area (Å²) in [5.41, 5.74) is 1.24. The van der Waals surface area contributed by atoms with Crippen molar-refractivity contribution in [3.05, 3.63) is 60.2 Å². The molecule has 1 aliphatic rings. The molecule has 1 aliphatic heterocycles. The highest BCUT2D eigenvalue weighted by atomic mass is 16.1. The van der Waals surface area contributed by atoms with Crippen molar-refractivity contribution in [2.24, 2.45) is 0 Å². The molecule has 0 atom stereocenters. The summed E-state index contributed by atoms with van der Waals surface area (Å²) in [4.78, 5) is 28.0. The highest BCUT2D eigenvalue weighted by molar-refractivity contribution is 6.05. The largest absolute Gasteiger partial charge is 0.345 e. The van der Waals surface area contributed by atoms with Crippen molar-refractivity contribution in [1.29, 1.82) is 0 Å². The predicted octanol–water partition coefficient (Wildman–Crippen LogP) is 2.95. The average molecular weight is 347 g/mol. The van der Waals surface area contributed by atoms with Gasteiger partial charge in [-0.05, 0) is 36.8 Å². The molecular formula is C20H21N5O. The van der Waals surface area contributed by atoms with Crippen molar-refractivity contribution >= 4 is 22.6 Å². The Labute approximate surface area is 152 Å². The number of pyridine rings is 1. The van der Waals surface area contributed by atoms with Crippen molar-refractivity contribution in [2.45, 2.75) is 25.8 Å². The molecule has 0 unspecified atom stereocenters. The van der Waals surface area contributed by atoms with E-state index in [2.05, 4.69) is 25.2 Å². The van der Waals surface area contributed by atoms with Gasteiger partial charge in [0.15, 0.2) is 0 Å². The van der Waals surface area contributed by atoms with E-state index >= 15 is 0 Å². The fourth-order valence-electron chi connectivity index (χ4n) is 3.28. The van der Waals surface area contributed by atoms with E-state index in [0.29, 0.717) is 12.2 Å². The Morgan fingerprint density at radius 3 is 2.69 bits per heavy atom. The molecule has 0 spiro atoms. The van der Waals surface area contributed by atoms with E-state index in [1.54, 1.807) is 12.4 Å². The van der Waals surface area contributed by atoms with Crippen molar-refractivity contribution < 1.29 is 4.79 Å². The minimum absolute atomic E-state index is 0.195. The number of carbonyl (C=O) groups excluding carboxylic acids is 1. The Balaban J connectivity index is 1.47. The summed E-state index contributed by atoms with van der Waals surface area (Å²) >= 11 is 0.